The summed E-state index contributed by atoms with van der Waals surface area (Å²) in [4.78, 5) is 0.165. The van der Waals surface area contributed by atoms with Crippen molar-refractivity contribution in [2.75, 3.05) is 11.9 Å². The van der Waals surface area contributed by atoms with Crippen LogP contribution in [0.25, 0.3) is 0 Å². The molecule has 4 nitrogen and oxygen atoms in total. The van der Waals surface area contributed by atoms with E-state index in [1.54, 1.807) is 16.8 Å². The van der Waals surface area contributed by atoms with Gasteiger partial charge >= 0.3 is 5.51 Å². The highest BCUT2D eigenvalue weighted by molar-refractivity contribution is 8.00. The molecule has 23 heavy (non-hydrogen) atoms. The van der Waals surface area contributed by atoms with Crippen molar-refractivity contribution in [2.24, 2.45) is 0 Å². The zero-order chi connectivity index (χ0) is 17.0. The zero-order valence-corrected chi connectivity index (χ0v) is 13.6. The summed E-state index contributed by atoms with van der Waals surface area (Å²) in [5, 5.41) is 16.6. The van der Waals surface area contributed by atoms with E-state index in [2.05, 4.69) is 10.4 Å². The molecule has 2 rings (SSSR count). The van der Waals surface area contributed by atoms with Crippen LogP contribution in [0.4, 0.5) is 19.0 Å². The van der Waals surface area contributed by atoms with Gasteiger partial charge < -0.3 is 10.4 Å². The summed E-state index contributed by atoms with van der Waals surface area (Å²) < 4.78 is 38.6. The molecule has 0 spiro atoms. The van der Waals surface area contributed by atoms with E-state index in [0.717, 1.165) is 22.6 Å². The molecule has 0 fully saturated rings. The highest BCUT2D eigenvalue weighted by atomic mass is 32.2. The molecule has 1 aromatic carbocycles. The van der Waals surface area contributed by atoms with Gasteiger partial charge in [-0.15, -0.1) is 0 Å². The monoisotopic (exact) mass is 345 g/mol. The first-order valence-electron chi connectivity index (χ1n) is 7.03. The first-order valence-corrected chi connectivity index (χ1v) is 7.85. The number of halogens is 3. The molecule has 126 valence electrons. The summed E-state index contributed by atoms with van der Waals surface area (Å²) in [6, 6.07) is 6.24. The van der Waals surface area contributed by atoms with E-state index in [0.29, 0.717) is 13.1 Å². The van der Waals surface area contributed by atoms with Crippen LogP contribution < -0.4 is 5.32 Å². The molecule has 0 radical (unpaired) electrons. The lowest BCUT2D eigenvalue weighted by Gasteiger charge is -2.11. The second-order valence-corrected chi connectivity index (χ2v) is 6.19. The van der Waals surface area contributed by atoms with Gasteiger partial charge in [-0.1, -0.05) is 12.1 Å². The fourth-order valence-corrected chi connectivity index (χ4v) is 2.69. The molecule has 0 unspecified atom stereocenters. The number of aryl methyl sites for hydroxylation is 1. The van der Waals surface area contributed by atoms with E-state index in [-0.39, 0.29) is 23.3 Å². The Morgan fingerprint density at radius 3 is 2.43 bits per heavy atom. The van der Waals surface area contributed by atoms with Crippen LogP contribution in [0.1, 0.15) is 16.8 Å². The van der Waals surface area contributed by atoms with E-state index in [1.165, 1.54) is 12.1 Å². The van der Waals surface area contributed by atoms with Gasteiger partial charge in [0.15, 0.2) is 0 Å². The van der Waals surface area contributed by atoms with Crippen LogP contribution in [0.5, 0.6) is 0 Å². The second-order valence-electron chi connectivity index (χ2n) is 5.05. The van der Waals surface area contributed by atoms with Crippen molar-refractivity contribution in [1.82, 2.24) is 9.78 Å². The number of hydrogen-bond acceptors (Lipinski definition) is 4. The van der Waals surface area contributed by atoms with E-state index in [4.69, 9.17) is 5.11 Å². The zero-order valence-electron chi connectivity index (χ0n) is 12.8. The van der Waals surface area contributed by atoms with Gasteiger partial charge in [-0.3, -0.25) is 0 Å². The van der Waals surface area contributed by atoms with E-state index >= 15 is 0 Å². The number of rotatable bonds is 6. The minimum absolute atomic E-state index is 0.0153. The molecule has 0 aliphatic rings. The topological polar surface area (TPSA) is 50.1 Å². The molecule has 0 bridgehead atoms. The van der Waals surface area contributed by atoms with Crippen molar-refractivity contribution in [3.05, 3.63) is 41.1 Å². The SMILES string of the molecule is Cc1nn(CCO)c(NCc2ccc(SC(F)(F)F)cc2)c1C. The molecule has 8 heteroatoms. The number of hydrogen-bond donors (Lipinski definition) is 2. The van der Waals surface area contributed by atoms with Crippen LogP contribution in [-0.2, 0) is 13.1 Å². The summed E-state index contributed by atoms with van der Waals surface area (Å²) in [5.74, 6) is 0.810. The van der Waals surface area contributed by atoms with Crippen LogP contribution in [0.15, 0.2) is 29.2 Å². The Morgan fingerprint density at radius 2 is 1.87 bits per heavy atom. The number of aliphatic hydroxyl groups is 1. The maximum absolute atomic E-state index is 12.3. The number of thioether (sulfide) groups is 1. The van der Waals surface area contributed by atoms with Crippen molar-refractivity contribution < 1.29 is 18.3 Å². The predicted octanol–water partition coefficient (Wildman–Crippen LogP) is 3.72. The van der Waals surface area contributed by atoms with Gasteiger partial charge in [0.1, 0.15) is 5.82 Å². The summed E-state index contributed by atoms with van der Waals surface area (Å²) in [6.45, 7) is 4.66. The van der Waals surface area contributed by atoms with E-state index < -0.39 is 5.51 Å². The first kappa shape index (κ1) is 17.7. The molecule has 0 saturated carbocycles. The fraction of sp³-hybridized carbons (Fsp3) is 0.400. The third-order valence-electron chi connectivity index (χ3n) is 3.36. The quantitative estimate of drug-likeness (QED) is 0.784. The van der Waals surface area contributed by atoms with E-state index in [1.807, 2.05) is 13.8 Å². The van der Waals surface area contributed by atoms with Gasteiger partial charge in [0.25, 0.3) is 0 Å². The molecule has 1 heterocycles. The molecule has 0 amide bonds. The maximum Gasteiger partial charge on any atom is 0.446 e. The maximum atomic E-state index is 12.3. The third-order valence-corrected chi connectivity index (χ3v) is 4.09. The summed E-state index contributed by atoms with van der Waals surface area (Å²) in [7, 11) is 0. The summed E-state index contributed by atoms with van der Waals surface area (Å²) >= 11 is -0.124. The smallest absolute Gasteiger partial charge is 0.394 e. The number of aromatic nitrogens is 2. The van der Waals surface area contributed by atoms with Gasteiger partial charge in [0.05, 0.1) is 18.8 Å². The van der Waals surface area contributed by atoms with Crippen LogP contribution in [0.3, 0.4) is 0 Å². The summed E-state index contributed by atoms with van der Waals surface area (Å²) in [6.07, 6.45) is 0. The predicted molar refractivity (Wildman–Crippen MR) is 84.5 cm³/mol. The number of aliphatic hydroxyl groups excluding tert-OH is 1. The lowest BCUT2D eigenvalue weighted by Crippen LogP contribution is -2.11. The fourth-order valence-electron chi connectivity index (χ4n) is 2.15. The second kappa shape index (κ2) is 7.27. The Morgan fingerprint density at radius 1 is 1.22 bits per heavy atom. The molecular weight excluding hydrogens is 327 g/mol. The minimum Gasteiger partial charge on any atom is -0.394 e. The Labute approximate surface area is 136 Å². The molecule has 0 saturated heterocycles. The van der Waals surface area contributed by atoms with E-state index in [9.17, 15) is 13.2 Å². The largest absolute Gasteiger partial charge is 0.446 e. The Kier molecular flexibility index (Phi) is 5.59. The Bertz CT molecular complexity index is 653. The Hall–Kier alpha value is -1.67. The number of nitrogens with one attached hydrogen (secondary N) is 1. The van der Waals surface area contributed by atoms with Crippen LogP contribution >= 0.6 is 11.8 Å². The summed E-state index contributed by atoms with van der Waals surface area (Å²) in [5.41, 5.74) is -1.54. The highest BCUT2D eigenvalue weighted by Crippen LogP contribution is 2.36. The molecule has 2 N–H and O–H groups in total. The standard InChI is InChI=1S/C15H18F3N3OS/c1-10-11(2)20-21(7-8-22)14(10)19-9-12-3-5-13(6-4-12)23-15(16,17)18/h3-6,19,22H,7-9H2,1-2H3. The lowest BCUT2D eigenvalue weighted by atomic mass is 10.2. The third kappa shape index (κ3) is 4.90. The van der Waals surface area contributed by atoms with Gasteiger partial charge in [-0.2, -0.15) is 18.3 Å². The lowest BCUT2D eigenvalue weighted by molar-refractivity contribution is -0.0328. The number of benzene rings is 1. The molecule has 0 aliphatic carbocycles. The minimum atomic E-state index is -4.27. The number of nitrogens with zero attached hydrogens (tertiary/aromatic N) is 2. The first-order chi connectivity index (χ1) is 10.8. The van der Waals surface area contributed by atoms with Gasteiger partial charge in [0.2, 0.25) is 0 Å². The molecule has 2 aromatic rings. The van der Waals surface area contributed by atoms with Crippen molar-refractivity contribution >= 4 is 17.6 Å². The Balaban J connectivity index is 2.04. The van der Waals surface area contributed by atoms with Gasteiger partial charge in [-0.05, 0) is 43.3 Å². The van der Waals surface area contributed by atoms with Crippen molar-refractivity contribution in [3.63, 3.8) is 0 Å². The average Bonchev–Trinajstić information content (AvgIpc) is 2.72. The van der Waals surface area contributed by atoms with Crippen LogP contribution in [-0.4, -0.2) is 27.0 Å². The number of alkyl halides is 3. The molecular formula is C15H18F3N3OS. The van der Waals surface area contributed by atoms with Gasteiger partial charge in [-0.25, -0.2) is 4.68 Å². The average molecular weight is 345 g/mol. The van der Waals surface area contributed by atoms with Gasteiger partial charge in [0, 0.05) is 17.0 Å². The van der Waals surface area contributed by atoms with Crippen LogP contribution in [0.2, 0.25) is 0 Å². The normalized spacial score (nSPS) is 11.7. The highest BCUT2D eigenvalue weighted by Gasteiger charge is 2.28. The van der Waals surface area contributed by atoms with Crippen LogP contribution in [0, 0.1) is 13.8 Å². The van der Waals surface area contributed by atoms with Crippen molar-refractivity contribution in [1.29, 1.82) is 0 Å². The van der Waals surface area contributed by atoms with Crippen molar-refractivity contribution in [3.8, 4) is 0 Å². The molecule has 1 aromatic heterocycles. The number of anilines is 1. The molecule has 0 aliphatic heterocycles. The molecule has 0 atom stereocenters. The van der Waals surface area contributed by atoms with Crippen molar-refractivity contribution in [2.45, 2.75) is 37.3 Å².